The number of carbonyl (C=O) groups excluding carboxylic acids is 1. The van der Waals surface area contributed by atoms with E-state index in [-0.39, 0.29) is 19.0 Å². The number of amides is 2. The first kappa shape index (κ1) is 14.7. The van der Waals surface area contributed by atoms with Crippen molar-refractivity contribution in [2.45, 2.75) is 26.4 Å². The lowest BCUT2D eigenvalue weighted by Crippen LogP contribution is -2.47. The zero-order chi connectivity index (χ0) is 14.7. The molecule has 20 heavy (non-hydrogen) atoms. The molecule has 0 aromatic carbocycles. The van der Waals surface area contributed by atoms with Crippen LogP contribution >= 0.6 is 11.3 Å². The van der Waals surface area contributed by atoms with Crippen LogP contribution in [0.25, 0.3) is 0 Å². The zero-order valence-electron chi connectivity index (χ0n) is 11.4. The predicted molar refractivity (Wildman–Crippen MR) is 74.2 cm³/mol. The third-order valence-corrected chi connectivity index (χ3v) is 4.06. The molecule has 0 saturated carbocycles. The van der Waals surface area contributed by atoms with Crippen LogP contribution in [0.15, 0.2) is 0 Å². The fraction of sp³-hybridized carbons (Fsp3) is 0.583. The van der Waals surface area contributed by atoms with Gasteiger partial charge >= 0.3 is 12.0 Å². The second-order valence-corrected chi connectivity index (χ2v) is 5.83. The zero-order valence-corrected chi connectivity index (χ0v) is 12.2. The number of thiazole rings is 1. The highest BCUT2D eigenvalue weighted by Crippen LogP contribution is 2.21. The molecule has 0 spiro atoms. The Balaban J connectivity index is 1.93. The van der Waals surface area contributed by atoms with Gasteiger partial charge < -0.3 is 14.7 Å². The highest BCUT2D eigenvalue weighted by Gasteiger charge is 2.26. The summed E-state index contributed by atoms with van der Waals surface area (Å²) >= 11 is 1.42. The number of carboxylic acids is 1. The lowest BCUT2D eigenvalue weighted by atomic mass is 10.2. The summed E-state index contributed by atoms with van der Waals surface area (Å²) in [5, 5.41) is 12.1. The standard InChI is InChI=1S/C12H17N3O4S/c1-7-8(2)20-11(13-7)14-12(18)15-3-4-19-9(6-15)5-10(16)17/h9H,3-6H2,1-2H3,(H,16,17)(H,13,14,18). The largest absolute Gasteiger partial charge is 0.481 e. The lowest BCUT2D eigenvalue weighted by Gasteiger charge is -2.32. The Labute approximate surface area is 120 Å². The summed E-state index contributed by atoms with van der Waals surface area (Å²) in [6.45, 7) is 4.91. The van der Waals surface area contributed by atoms with Gasteiger partial charge in [0.2, 0.25) is 0 Å². The van der Waals surface area contributed by atoms with Crippen LogP contribution in [-0.2, 0) is 9.53 Å². The molecule has 1 aliphatic rings. The molecule has 1 unspecified atom stereocenters. The third-order valence-electron chi connectivity index (χ3n) is 3.07. The van der Waals surface area contributed by atoms with E-state index in [1.165, 1.54) is 11.3 Å². The van der Waals surface area contributed by atoms with Gasteiger partial charge in [-0.3, -0.25) is 10.1 Å². The van der Waals surface area contributed by atoms with Crippen molar-refractivity contribution >= 4 is 28.5 Å². The number of morpholine rings is 1. The van der Waals surface area contributed by atoms with E-state index in [0.29, 0.717) is 18.3 Å². The van der Waals surface area contributed by atoms with Crippen LogP contribution in [0.5, 0.6) is 0 Å². The van der Waals surface area contributed by atoms with Gasteiger partial charge in [0.15, 0.2) is 5.13 Å². The number of urea groups is 1. The van der Waals surface area contributed by atoms with E-state index in [4.69, 9.17) is 9.84 Å². The molecule has 2 heterocycles. The molecule has 1 atom stereocenters. The summed E-state index contributed by atoms with van der Waals surface area (Å²) in [6, 6.07) is -0.266. The molecule has 110 valence electrons. The van der Waals surface area contributed by atoms with Crippen LogP contribution in [0.4, 0.5) is 9.93 Å². The van der Waals surface area contributed by atoms with Crippen LogP contribution in [0.1, 0.15) is 17.0 Å². The van der Waals surface area contributed by atoms with E-state index >= 15 is 0 Å². The fourth-order valence-corrected chi connectivity index (χ4v) is 2.72. The first-order valence-corrected chi connectivity index (χ1v) is 7.10. The smallest absolute Gasteiger partial charge is 0.323 e. The average Bonchev–Trinajstić information content (AvgIpc) is 2.67. The second kappa shape index (κ2) is 6.19. The Bertz CT molecular complexity index is 497. The van der Waals surface area contributed by atoms with Crippen molar-refractivity contribution < 1.29 is 19.4 Å². The topological polar surface area (TPSA) is 91.8 Å². The maximum atomic E-state index is 12.1. The van der Waals surface area contributed by atoms with Gasteiger partial charge in [-0.05, 0) is 13.8 Å². The van der Waals surface area contributed by atoms with Gasteiger partial charge in [0.05, 0.1) is 24.8 Å². The molecule has 2 N–H and O–H groups in total. The summed E-state index contributed by atoms with van der Waals surface area (Å²) in [7, 11) is 0. The number of ether oxygens (including phenoxy) is 1. The number of hydrogen-bond donors (Lipinski definition) is 2. The van der Waals surface area contributed by atoms with Crippen molar-refractivity contribution in [3.63, 3.8) is 0 Å². The number of aromatic nitrogens is 1. The van der Waals surface area contributed by atoms with Crippen LogP contribution in [0.3, 0.4) is 0 Å². The summed E-state index contributed by atoms with van der Waals surface area (Å²) in [6.07, 6.45) is -0.550. The van der Waals surface area contributed by atoms with E-state index in [0.717, 1.165) is 10.6 Å². The molecule has 7 nitrogen and oxygen atoms in total. The number of nitrogens with one attached hydrogen (secondary N) is 1. The number of aryl methyl sites for hydroxylation is 2. The molecule has 0 aliphatic carbocycles. The molecule has 2 rings (SSSR count). The van der Waals surface area contributed by atoms with Gasteiger partial charge in [-0.1, -0.05) is 0 Å². The maximum Gasteiger partial charge on any atom is 0.323 e. The lowest BCUT2D eigenvalue weighted by molar-refractivity contribution is -0.141. The molecule has 1 aliphatic heterocycles. The van der Waals surface area contributed by atoms with Crippen molar-refractivity contribution in [1.82, 2.24) is 9.88 Å². The van der Waals surface area contributed by atoms with Crippen LogP contribution in [0, 0.1) is 13.8 Å². The van der Waals surface area contributed by atoms with Gasteiger partial charge in [0.25, 0.3) is 0 Å². The van der Waals surface area contributed by atoms with Gasteiger partial charge in [0, 0.05) is 18.0 Å². The fourth-order valence-electron chi connectivity index (χ4n) is 1.92. The summed E-state index contributed by atoms with van der Waals surface area (Å²) in [5.41, 5.74) is 0.899. The molecule has 1 saturated heterocycles. The van der Waals surface area contributed by atoms with E-state index in [2.05, 4.69) is 10.3 Å². The average molecular weight is 299 g/mol. The van der Waals surface area contributed by atoms with Crippen LogP contribution < -0.4 is 5.32 Å². The minimum Gasteiger partial charge on any atom is -0.481 e. The van der Waals surface area contributed by atoms with Crippen LogP contribution in [-0.4, -0.2) is 52.8 Å². The summed E-state index contributed by atoms with van der Waals surface area (Å²) < 4.78 is 5.33. The SMILES string of the molecule is Cc1nc(NC(=O)N2CCOC(CC(=O)O)C2)sc1C. The number of aliphatic carboxylic acids is 1. The van der Waals surface area contributed by atoms with Gasteiger partial charge in [0.1, 0.15) is 0 Å². The second-order valence-electron chi connectivity index (χ2n) is 4.63. The quantitative estimate of drug-likeness (QED) is 0.881. The van der Waals surface area contributed by atoms with E-state index < -0.39 is 12.1 Å². The van der Waals surface area contributed by atoms with Gasteiger partial charge in [-0.25, -0.2) is 9.78 Å². The Hall–Kier alpha value is -1.67. The minimum absolute atomic E-state index is 0.0980. The van der Waals surface area contributed by atoms with Crippen molar-refractivity contribution in [2.75, 3.05) is 25.0 Å². The van der Waals surface area contributed by atoms with E-state index in [1.807, 2.05) is 13.8 Å². The first-order chi connectivity index (χ1) is 9.45. The summed E-state index contributed by atoms with van der Waals surface area (Å²) in [4.78, 5) is 29.6. The summed E-state index contributed by atoms with van der Waals surface area (Å²) in [5.74, 6) is -0.927. The number of anilines is 1. The van der Waals surface area contributed by atoms with Gasteiger partial charge in [-0.2, -0.15) is 0 Å². The Morgan fingerprint density at radius 1 is 1.55 bits per heavy atom. The third kappa shape index (κ3) is 3.67. The Kier molecular flexibility index (Phi) is 4.56. The molecular weight excluding hydrogens is 282 g/mol. The molecule has 8 heteroatoms. The Morgan fingerprint density at radius 3 is 2.90 bits per heavy atom. The molecular formula is C12H17N3O4S. The predicted octanol–water partition coefficient (Wildman–Crippen LogP) is 1.47. The number of hydrogen-bond acceptors (Lipinski definition) is 5. The van der Waals surface area contributed by atoms with E-state index in [1.54, 1.807) is 4.90 Å². The number of nitrogens with zero attached hydrogens (tertiary/aromatic N) is 2. The van der Waals surface area contributed by atoms with Crippen molar-refractivity contribution in [3.8, 4) is 0 Å². The molecule has 0 radical (unpaired) electrons. The normalized spacial score (nSPS) is 18.9. The van der Waals surface area contributed by atoms with E-state index in [9.17, 15) is 9.59 Å². The number of rotatable bonds is 3. The molecule has 1 aromatic heterocycles. The molecule has 1 aromatic rings. The maximum absolute atomic E-state index is 12.1. The number of carbonyl (C=O) groups is 2. The van der Waals surface area contributed by atoms with Crippen molar-refractivity contribution in [1.29, 1.82) is 0 Å². The first-order valence-electron chi connectivity index (χ1n) is 6.29. The van der Waals surface area contributed by atoms with Crippen molar-refractivity contribution in [3.05, 3.63) is 10.6 Å². The van der Waals surface area contributed by atoms with Gasteiger partial charge in [-0.15, -0.1) is 11.3 Å². The highest BCUT2D eigenvalue weighted by atomic mass is 32.1. The monoisotopic (exact) mass is 299 g/mol. The van der Waals surface area contributed by atoms with Crippen LogP contribution in [0.2, 0.25) is 0 Å². The molecule has 0 bridgehead atoms. The minimum atomic E-state index is -0.927. The molecule has 1 fully saturated rings. The highest BCUT2D eigenvalue weighted by molar-refractivity contribution is 7.15. The number of carboxylic acid groups (broad SMARTS) is 1. The van der Waals surface area contributed by atoms with Crippen molar-refractivity contribution in [2.24, 2.45) is 0 Å². The Morgan fingerprint density at radius 2 is 2.30 bits per heavy atom. The molecule has 2 amide bonds.